The van der Waals surface area contributed by atoms with Gasteiger partial charge in [-0.25, -0.2) is 9.07 Å². The van der Waals surface area contributed by atoms with Crippen molar-refractivity contribution in [1.29, 1.82) is 0 Å². The monoisotopic (exact) mass is 636 g/mol. The molecule has 1 aromatic carbocycles. The second-order valence-electron chi connectivity index (χ2n) is 14.0. The van der Waals surface area contributed by atoms with Crippen LogP contribution in [0.1, 0.15) is 70.8 Å². The van der Waals surface area contributed by atoms with Crippen LogP contribution < -0.4 is 10.6 Å². The summed E-state index contributed by atoms with van der Waals surface area (Å²) >= 11 is 0. The number of hydrogen-bond donors (Lipinski definition) is 3. The van der Waals surface area contributed by atoms with Crippen molar-refractivity contribution in [2.75, 3.05) is 26.2 Å². The number of nitrogens with zero attached hydrogens (tertiary/aromatic N) is 6. The molecule has 0 unspecified atom stereocenters. The average Bonchev–Trinajstić information content (AvgIpc) is 3.87. The Bertz CT molecular complexity index is 1420. The molecule has 6 heterocycles. The number of likely N-dealkylation sites (tertiary alicyclic amines) is 1. The summed E-state index contributed by atoms with van der Waals surface area (Å²) in [6.45, 7) is 4.21. The van der Waals surface area contributed by atoms with Crippen LogP contribution in [0, 0.1) is 5.82 Å². The maximum atomic E-state index is 14.0. The number of hydrogen-bond acceptors (Lipinski definition) is 8. The molecule has 6 atom stereocenters. The van der Waals surface area contributed by atoms with E-state index >= 15 is 0 Å². The molecule has 1 aromatic heterocycles. The number of aliphatic hydroxyl groups excluding tert-OH is 1. The van der Waals surface area contributed by atoms with Gasteiger partial charge in [-0.1, -0.05) is 18.1 Å². The van der Waals surface area contributed by atoms with E-state index in [0.717, 1.165) is 31.2 Å². The molecular weight excluding hydrogens is 591 g/mol. The summed E-state index contributed by atoms with van der Waals surface area (Å²) < 4.78 is 15.3. The Morgan fingerprint density at radius 3 is 2.30 bits per heavy atom. The second-order valence-corrected chi connectivity index (χ2v) is 14.0. The Morgan fingerprint density at radius 1 is 0.870 bits per heavy atom. The minimum Gasteiger partial charge on any atom is -0.390 e. The topological polar surface area (TPSA) is 136 Å². The first kappa shape index (κ1) is 31.2. The standard InChI is InChI=1S/C33H45FN8O4/c1-20-30(43)16-31(44)36-23-14-29(40(17-23)24-4-2-3-5-24)33(46)39-12-10-25(11-13-39)41-18-26(15-28(41)32(45)35-20)42-19-27(37-38-42)21-6-8-22(34)9-7-21/h6-9,19-20,23-26,28-30,43H,2-5,10-18H2,1H3,(H,35,45)(H,36,44)/t20-,23+,26-,28-,29-,30-/m0/s1. The van der Waals surface area contributed by atoms with E-state index in [1.54, 1.807) is 23.7 Å². The third kappa shape index (κ3) is 6.28. The lowest BCUT2D eigenvalue weighted by Gasteiger charge is -2.41. The van der Waals surface area contributed by atoms with E-state index in [0.29, 0.717) is 50.8 Å². The number of carbonyl (C=O) groups is 3. The minimum atomic E-state index is -1.05. The molecule has 1 aliphatic carbocycles. The van der Waals surface area contributed by atoms with Crippen molar-refractivity contribution in [3.05, 3.63) is 36.3 Å². The van der Waals surface area contributed by atoms with Crippen LogP contribution in [0.5, 0.6) is 0 Å². The van der Waals surface area contributed by atoms with Gasteiger partial charge in [0, 0.05) is 49.9 Å². The number of aromatic nitrogens is 3. The smallest absolute Gasteiger partial charge is 0.240 e. The predicted octanol–water partition coefficient (Wildman–Crippen LogP) is 1.46. The Kier molecular flexibility index (Phi) is 8.81. The van der Waals surface area contributed by atoms with Gasteiger partial charge in [-0.15, -0.1) is 5.10 Å². The fraction of sp³-hybridized carbons (Fsp3) is 0.667. The van der Waals surface area contributed by atoms with E-state index in [1.165, 1.54) is 25.0 Å². The zero-order valence-electron chi connectivity index (χ0n) is 26.4. The number of halogens is 1. The van der Waals surface area contributed by atoms with Gasteiger partial charge in [-0.2, -0.15) is 0 Å². The van der Waals surface area contributed by atoms with Gasteiger partial charge in [0.2, 0.25) is 17.7 Å². The highest BCUT2D eigenvalue weighted by Gasteiger charge is 2.46. The van der Waals surface area contributed by atoms with E-state index in [2.05, 4.69) is 30.7 Å². The van der Waals surface area contributed by atoms with Crippen LogP contribution in [0.25, 0.3) is 11.3 Å². The fourth-order valence-corrected chi connectivity index (χ4v) is 8.45. The van der Waals surface area contributed by atoms with Gasteiger partial charge in [0.1, 0.15) is 11.5 Å². The van der Waals surface area contributed by atoms with Crippen molar-refractivity contribution in [3.8, 4) is 11.3 Å². The predicted molar refractivity (Wildman–Crippen MR) is 167 cm³/mol. The van der Waals surface area contributed by atoms with E-state index < -0.39 is 18.2 Å². The molecule has 5 saturated heterocycles. The average molecular weight is 637 g/mol. The summed E-state index contributed by atoms with van der Waals surface area (Å²) in [7, 11) is 0. The molecule has 13 heteroatoms. The maximum Gasteiger partial charge on any atom is 0.240 e. The normalized spacial score (nSPS) is 33.7. The lowest BCUT2D eigenvalue weighted by molar-refractivity contribution is -0.139. The molecular formula is C33H45FN8O4. The molecule has 0 spiro atoms. The Morgan fingerprint density at radius 2 is 1.57 bits per heavy atom. The molecule has 248 valence electrons. The molecule has 12 nitrogen and oxygen atoms in total. The van der Waals surface area contributed by atoms with Gasteiger partial charge >= 0.3 is 0 Å². The first-order chi connectivity index (χ1) is 22.2. The highest BCUT2D eigenvalue weighted by Crippen LogP contribution is 2.35. The summed E-state index contributed by atoms with van der Waals surface area (Å²) in [6.07, 6.45) is 7.75. The van der Waals surface area contributed by atoms with E-state index in [1.807, 2.05) is 11.1 Å². The van der Waals surface area contributed by atoms with Crippen LogP contribution in [-0.4, -0.2) is 121 Å². The Labute approximate surface area is 268 Å². The first-order valence-corrected chi connectivity index (χ1v) is 17.0. The zero-order chi connectivity index (χ0) is 31.9. The number of carbonyl (C=O) groups excluding carboxylic acids is 3. The first-order valence-electron chi connectivity index (χ1n) is 17.0. The molecule has 5 aliphatic heterocycles. The van der Waals surface area contributed by atoms with Crippen LogP contribution in [-0.2, 0) is 14.4 Å². The quantitative estimate of drug-likeness (QED) is 0.461. The lowest BCUT2D eigenvalue weighted by Crippen LogP contribution is -2.56. The van der Waals surface area contributed by atoms with Gasteiger partial charge in [-0.05, 0) is 69.7 Å². The maximum absolute atomic E-state index is 14.0. The highest BCUT2D eigenvalue weighted by molar-refractivity contribution is 5.84. The van der Waals surface area contributed by atoms with Crippen molar-refractivity contribution in [2.24, 2.45) is 0 Å². The van der Waals surface area contributed by atoms with Gasteiger partial charge in [-0.3, -0.25) is 24.2 Å². The third-order valence-corrected chi connectivity index (χ3v) is 11.0. The second kappa shape index (κ2) is 13.0. The minimum absolute atomic E-state index is 0.103. The molecule has 2 aromatic rings. The summed E-state index contributed by atoms with van der Waals surface area (Å²) in [5.74, 6) is -0.638. The molecule has 3 N–H and O–H groups in total. The Balaban J connectivity index is 1.12. The molecule has 3 amide bonds. The third-order valence-electron chi connectivity index (χ3n) is 11.0. The molecule has 1 saturated carbocycles. The molecule has 4 bridgehead atoms. The number of fused-ring (bicyclic) bond motifs is 8. The summed E-state index contributed by atoms with van der Waals surface area (Å²) in [5, 5.41) is 25.8. The van der Waals surface area contributed by atoms with Gasteiger partial charge in [0.25, 0.3) is 0 Å². The molecule has 6 fully saturated rings. The highest BCUT2D eigenvalue weighted by atomic mass is 19.1. The molecule has 46 heavy (non-hydrogen) atoms. The van der Waals surface area contributed by atoms with Crippen LogP contribution in [0.4, 0.5) is 4.39 Å². The van der Waals surface area contributed by atoms with Crippen LogP contribution in [0.3, 0.4) is 0 Å². The van der Waals surface area contributed by atoms with Crippen LogP contribution in [0.15, 0.2) is 30.5 Å². The largest absolute Gasteiger partial charge is 0.390 e. The molecule has 6 aliphatic rings. The van der Waals surface area contributed by atoms with Crippen LogP contribution >= 0.6 is 0 Å². The molecule has 8 rings (SSSR count). The van der Waals surface area contributed by atoms with Crippen molar-refractivity contribution < 1.29 is 23.9 Å². The van der Waals surface area contributed by atoms with Gasteiger partial charge in [0.05, 0.1) is 42.9 Å². The number of rotatable bonds is 3. The fourth-order valence-electron chi connectivity index (χ4n) is 8.45. The van der Waals surface area contributed by atoms with Crippen molar-refractivity contribution in [1.82, 2.24) is 40.3 Å². The molecule has 0 radical (unpaired) electrons. The van der Waals surface area contributed by atoms with E-state index in [-0.39, 0.29) is 54.1 Å². The van der Waals surface area contributed by atoms with Crippen molar-refractivity contribution in [3.63, 3.8) is 0 Å². The van der Waals surface area contributed by atoms with Crippen molar-refractivity contribution in [2.45, 2.75) is 113 Å². The summed E-state index contributed by atoms with van der Waals surface area (Å²) in [5.41, 5.74) is 1.39. The summed E-state index contributed by atoms with van der Waals surface area (Å²) in [6, 6.07) is 4.98. The lowest BCUT2D eigenvalue weighted by atomic mass is 10.00. The number of amides is 3. The zero-order valence-corrected chi connectivity index (χ0v) is 26.4. The number of piperidine rings is 1. The van der Waals surface area contributed by atoms with Crippen LogP contribution in [0.2, 0.25) is 0 Å². The van der Waals surface area contributed by atoms with Crippen molar-refractivity contribution >= 4 is 17.7 Å². The number of nitrogens with one attached hydrogen (secondary N) is 2. The number of benzene rings is 1. The number of aliphatic hydroxyl groups is 1. The Hall–Kier alpha value is -3.42. The SMILES string of the molecule is C[C@@H]1NC(=O)[C@@H]2C[C@H](n3cc(-c4ccc(F)cc4)nn3)CN2C2CCN(CC2)C(=O)[C@@H]2C[C@H](CN2C2CCCC2)NC(=O)C[C@@H]1O. The van der Waals surface area contributed by atoms with Gasteiger partial charge in [0.15, 0.2) is 0 Å². The van der Waals surface area contributed by atoms with E-state index in [9.17, 15) is 23.9 Å². The summed E-state index contributed by atoms with van der Waals surface area (Å²) in [4.78, 5) is 47.4. The van der Waals surface area contributed by atoms with E-state index in [4.69, 9.17) is 0 Å². The van der Waals surface area contributed by atoms with Gasteiger partial charge < -0.3 is 20.6 Å².